The lowest BCUT2D eigenvalue weighted by Crippen LogP contribution is -2.05. The van der Waals surface area contributed by atoms with Gasteiger partial charge in [0.05, 0.1) is 0 Å². The van der Waals surface area contributed by atoms with Crippen molar-refractivity contribution in [2.45, 2.75) is 236 Å². The molecule has 2 fully saturated rings. The van der Waals surface area contributed by atoms with Crippen molar-refractivity contribution in [2.24, 2.45) is 11.8 Å². The third kappa shape index (κ3) is 20.0. The van der Waals surface area contributed by atoms with Crippen LogP contribution in [-0.4, -0.2) is 0 Å². The van der Waals surface area contributed by atoms with Gasteiger partial charge < -0.3 is 0 Å². The van der Waals surface area contributed by atoms with E-state index in [9.17, 15) is 0 Å². The minimum Gasteiger partial charge on any atom is -0.0770 e. The van der Waals surface area contributed by atoms with Crippen LogP contribution in [0.5, 0.6) is 0 Å². The first-order valence-corrected chi connectivity index (χ1v) is 23.2. The Morgan fingerprint density at radius 1 is 0.712 bits per heavy atom. The lowest BCUT2D eigenvalue weighted by molar-refractivity contribution is 0.480. The van der Waals surface area contributed by atoms with E-state index in [2.05, 4.69) is 98.8 Å². The fourth-order valence-electron chi connectivity index (χ4n) is 8.11. The largest absolute Gasteiger partial charge is 0.0770 e. The van der Waals surface area contributed by atoms with Crippen LogP contribution in [0.1, 0.15) is 245 Å². The molecule has 0 N–H and O–H groups in total. The third-order valence-electron chi connectivity index (χ3n) is 11.9. The summed E-state index contributed by atoms with van der Waals surface area (Å²) in [7, 11) is 0. The van der Waals surface area contributed by atoms with Crippen molar-refractivity contribution in [3.63, 3.8) is 0 Å². The van der Waals surface area contributed by atoms with E-state index in [1.807, 2.05) is 13.8 Å². The summed E-state index contributed by atoms with van der Waals surface area (Å²) in [4.78, 5) is 0. The van der Waals surface area contributed by atoms with E-state index in [1.165, 1.54) is 169 Å². The number of rotatable bonds is 24. The SMILES string of the molecule is CC.CCC/C=C(/C=C(/C)c1cc(CC)c(C(CC)CCCCCCCCCCCC)cc1C)C(\C)=C\C=C(\C)C1CC1.CCCCC1CCCC1. The summed E-state index contributed by atoms with van der Waals surface area (Å²) in [5.41, 5.74) is 11.8. The maximum Gasteiger partial charge on any atom is -0.0162 e. The second-order valence-electron chi connectivity index (χ2n) is 16.4. The maximum atomic E-state index is 2.55. The van der Waals surface area contributed by atoms with E-state index in [1.54, 1.807) is 16.7 Å². The van der Waals surface area contributed by atoms with Crippen LogP contribution in [0.25, 0.3) is 5.57 Å². The van der Waals surface area contributed by atoms with Gasteiger partial charge in [-0.3, -0.25) is 0 Å². The molecule has 1 atom stereocenters. The van der Waals surface area contributed by atoms with Gasteiger partial charge in [-0.2, -0.15) is 0 Å². The van der Waals surface area contributed by atoms with Gasteiger partial charge in [0.15, 0.2) is 0 Å². The summed E-state index contributed by atoms with van der Waals surface area (Å²) in [6, 6.07) is 5.08. The Kier molecular flexibility index (Phi) is 28.3. The molecule has 1 aromatic carbocycles. The predicted octanol–water partition coefficient (Wildman–Crippen LogP) is 18.2. The molecule has 0 nitrogen and oxygen atoms in total. The van der Waals surface area contributed by atoms with Gasteiger partial charge in [-0.05, 0) is 123 Å². The van der Waals surface area contributed by atoms with E-state index in [0.717, 1.165) is 24.7 Å². The summed E-state index contributed by atoms with van der Waals surface area (Å²) in [6.07, 6.45) is 43.0. The van der Waals surface area contributed by atoms with Gasteiger partial charge in [0.2, 0.25) is 0 Å². The molecule has 1 unspecified atom stereocenters. The predicted molar refractivity (Wildman–Crippen MR) is 240 cm³/mol. The van der Waals surface area contributed by atoms with Crippen LogP contribution in [0.4, 0.5) is 0 Å². The molecule has 0 radical (unpaired) electrons. The first kappa shape index (κ1) is 48.2. The van der Waals surface area contributed by atoms with Crippen LogP contribution < -0.4 is 0 Å². The zero-order chi connectivity index (χ0) is 38.6. The van der Waals surface area contributed by atoms with E-state index in [0.29, 0.717) is 5.92 Å². The van der Waals surface area contributed by atoms with Crippen molar-refractivity contribution < 1.29 is 0 Å². The molecule has 0 aliphatic heterocycles. The lowest BCUT2D eigenvalue weighted by atomic mass is 9.83. The average molecular weight is 715 g/mol. The average Bonchev–Trinajstić information content (AvgIpc) is 3.89. The highest BCUT2D eigenvalue weighted by Gasteiger charge is 2.22. The number of benzene rings is 1. The Labute approximate surface area is 327 Å². The molecule has 3 rings (SSSR count). The molecule has 0 amide bonds. The molecular formula is C52H90. The van der Waals surface area contributed by atoms with Gasteiger partial charge in [-0.1, -0.05) is 206 Å². The Morgan fingerprint density at radius 2 is 1.31 bits per heavy atom. The van der Waals surface area contributed by atoms with E-state index in [4.69, 9.17) is 0 Å². The van der Waals surface area contributed by atoms with Gasteiger partial charge in [0, 0.05) is 0 Å². The van der Waals surface area contributed by atoms with Gasteiger partial charge >= 0.3 is 0 Å². The summed E-state index contributed by atoms with van der Waals surface area (Å²) in [5.74, 6) is 2.65. The van der Waals surface area contributed by atoms with Gasteiger partial charge in [0.1, 0.15) is 0 Å². The molecule has 0 aromatic heterocycles. The Morgan fingerprint density at radius 3 is 1.85 bits per heavy atom. The third-order valence-corrected chi connectivity index (χ3v) is 11.9. The molecule has 0 saturated heterocycles. The Hall–Kier alpha value is -1.82. The highest BCUT2D eigenvalue weighted by Crippen LogP contribution is 2.37. The quantitative estimate of drug-likeness (QED) is 0.0739. The van der Waals surface area contributed by atoms with E-state index in [-0.39, 0.29) is 0 Å². The summed E-state index contributed by atoms with van der Waals surface area (Å²) in [6.45, 7) is 24.9. The topological polar surface area (TPSA) is 0 Å². The minimum atomic E-state index is 0.697. The van der Waals surface area contributed by atoms with Crippen molar-refractivity contribution in [3.05, 3.63) is 75.4 Å². The lowest BCUT2D eigenvalue weighted by Gasteiger charge is -2.22. The van der Waals surface area contributed by atoms with Gasteiger partial charge in [-0.25, -0.2) is 0 Å². The fraction of sp³-hybridized carbons (Fsp3) is 0.731. The summed E-state index contributed by atoms with van der Waals surface area (Å²) >= 11 is 0. The fourth-order valence-corrected chi connectivity index (χ4v) is 8.11. The van der Waals surface area contributed by atoms with E-state index < -0.39 is 0 Å². The second kappa shape index (κ2) is 30.5. The molecule has 298 valence electrons. The molecule has 2 aliphatic carbocycles. The highest BCUT2D eigenvalue weighted by atomic mass is 14.3. The molecule has 0 spiro atoms. The normalized spacial score (nSPS) is 16.4. The molecule has 0 heteroatoms. The van der Waals surface area contributed by atoms with Gasteiger partial charge in [-0.15, -0.1) is 0 Å². The van der Waals surface area contributed by atoms with Crippen LogP contribution in [0.3, 0.4) is 0 Å². The summed E-state index contributed by atoms with van der Waals surface area (Å²) in [5, 5.41) is 0. The molecule has 0 bridgehead atoms. The van der Waals surface area contributed by atoms with Crippen molar-refractivity contribution in [3.8, 4) is 0 Å². The molecule has 2 saturated carbocycles. The number of unbranched alkanes of at least 4 members (excludes halogenated alkanes) is 11. The molecular weight excluding hydrogens is 625 g/mol. The second-order valence-corrected chi connectivity index (χ2v) is 16.4. The molecule has 2 aliphatic rings. The number of aryl methyl sites for hydroxylation is 2. The number of hydrogen-bond donors (Lipinski definition) is 0. The molecule has 52 heavy (non-hydrogen) atoms. The van der Waals surface area contributed by atoms with Crippen LogP contribution in [0.2, 0.25) is 0 Å². The Balaban J connectivity index is 0.00000105. The minimum absolute atomic E-state index is 0.697. The molecule has 1 aromatic rings. The van der Waals surface area contributed by atoms with Crippen LogP contribution >= 0.6 is 0 Å². The number of allylic oxidation sites excluding steroid dienone is 8. The van der Waals surface area contributed by atoms with Crippen molar-refractivity contribution in [1.29, 1.82) is 0 Å². The Bertz CT molecular complexity index is 1160. The summed E-state index contributed by atoms with van der Waals surface area (Å²) < 4.78 is 0. The smallest absolute Gasteiger partial charge is 0.0162 e. The van der Waals surface area contributed by atoms with Crippen molar-refractivity contribution >= 4 is 5.57 Å². The van der Waals surface area contributed by atoms with Crippen molar-refractivity contribution in [1.82, 2.24) is 0 Å². The first-order valence-electron chi connectivity index (χ1n) is 23.2. The van der Waals surface area contributed by atoms with E-state index >= 15 is 0 Å². The maximum absolute atomic E-state index is 2.55. The first-order chi connectivity index (χ1) is 25.3. The van der Waals surface area contributed by atoms with Gasteiger partial charge in [0.25, 0.3) is 0 Å². The highest BCUT2D eigenvalue weighted by molar-refractivity contribution is 5.71. The van der Waals surface area contributed by atoms with Crippen LogP contribution in [-0.2, 0) is 6.42 Å². The van der Waals surface area contributed by atoms with Crippen molar-refractivity contribution in [2.75, 3.05) is 0 Å². The zero-order valence-corrected chi connectivity index (χ0v) is 37.2. The standard InChI is InChI=1S/C41H66.C9H18.C2H6/c1-9-13-15-16-17-18-19-20-21-22-24-36(11-3)41-30-35(8)40(31-37(41)12-4)34(7)29-39(23-14-10-2)33(6)26-25-32(5)38-27-28-38;1-2-3-6-9-7-4-5-8-9;1-2/h23,25-26,29-31,36,38H,9-22,24,27-28H2,1-8H3;9H,2-8H2,1H3;1-2H3/b32-25-,33-26+,34-29-,39-23-;;. The monoisotopic (exact) mass is 715 g/mol. The molecule has 0 heterocycles. The van der Waals surface area contributed by atoms with Crippen LogP contribution in [0, 0.1) is 18.8 Å². The number of hydrogen-bond acceptors (Lipinski definition) is 0. The van der Waals surface area contributed by atoms with Crippen LogP contribution in [0.15, 0.2) is 53.2 Å². The zero-order valence-electron chi connectivity index (χ0n) is 37.2.